The van der Waals surface area contributed by atoms with Gasteiger partial charge in [0.25, 0.3) is 0 Å². The first-order valence-electron chi connectivity index (χ1n) is 8.55. The Morgan fingerprint density at radius 3 is 2.81 bits per heavy atom. The summed E-state index contributed by atoms with van der Waals surface area (Å²) in [6.45, 7) is 3.39. The molecule has 134 valence electrons. The van der Waals surface area contributed by atoms with E-state index >= 15 is 0 Å². The molecule has 2 aromatic rings. The second kappa shape index (κ2) is 6.67. The van der Waals surface area contributed by atoms with Crippen molar-refractivity contribution in [2.75, 3.05) is 30.0 Å². The third-order valence-corrected chi connectivity index (χ3v) is 4.50. The first-order valence-corrected chi connectivity index (χ1v) is 8.55. The Balaban J connectivity index is 1.48. The molecule has 7 nitrogen and oxygen atoms in total. The first-order chi connectivity index (χ1) is 12.6. The van der Waals surface area contributed by atoms with Gasteiger partial charge in [-0.2, -0.15) is 0 Å². The predicted octanol–water partition coefficient (Wildman–Crippen LogP) is 2.15. The summed E-state index contributed by atoms with van der Waals surface area (Å²) in [7, 11) is 0. The van der Waals surface area contributed by atoms with E-state index in [2.05, 4.69) is 10.3 Å². The molecule has 1 aromatic heterocycles. The summed E-state index contributed by atoms with van der Waals surface area (Å²) in [5, 5.41) is 2.78. The molecule has 1 aromatic carbocycles. The van der Waals surface area contributed by atoms with Gasteiger partial charge < -0.3 is 19.7 Å². The Bertz CT molecular complexity index is 868. The molecule has 7 heteroatoms. The van der Waals surface area contributed by atoms with E-state index in [1.807, 2.05) is 19.1 Å². The highest BCUT2D eigenvalue weighted by Crippen LogP contribution is 2.36. The van der Waals surface area contributed by atoms with Crippen molar-refractivity contribution in [3.63, 3.8) is 0 Å². The number of rotatable bonds is 3. The van der Waals surface area contributed by atoms with E-state index < -0.39 is 5.92 Å². The highest BCUT2D eigenvalue weighted by atomic mass is 16.6. The number of carbonyl (C=O) groups excluding carboxylic acids is 2. The molecule has 1 fully saturated rings. The molecule has 2 amide bonds. The zero-order valence-electron chi connectivity index (χ0n) is 14.4. The average Bonchev–Trinajstić information content (AvgIpc) is 3.03. The van der Waals surface area contributed by atoms with Crippen LogP contribution in [0.5, 0.6) is 11.5 Å². The molecule has 2 aliphatic rings. The monoisotopic (exact) mass is 353 g/mol. The highest BCUT2D eigenvalue weighted by Gasteiger charge is 2.38. The Kier molecular flexibility index (Phi) is 4.20. The van der Waals surface area contributed by atoms with E-state index in [0.717, 1.165) is 5.56 Å². The maximum absolute atomic E-state index is 12.8. The number of amides is 2. The number of aryl methyl sites for hydroxylation is 1. The van der Waals surface area contributed by atoms with Gasteiger partial charge in [0.05, 0.1) is 11.9 Å². The molecule has 4 rings (SSSR count). The van der Waals surface area contributed by atoms with Gasteiger partial charge in [0.15, 0.2) is 11.5 Å². The molecule has 0 aliphatic carbocycles. The summed E-state index contributed by atoms with van der Waals surface area (Å²) in [5.41, 5.74) is 2.26. The third-order valence-electron chi connectivity index (χ3n) is 4.50. The van der Waals surface area contributed by atoms with Crippen LogP contribution in [-0.4, -0.2) is 36.6 Å². The van der Waals surface area contributed by atoms with Crippen LogP contribution in [-0.2, 0) is 9.59 Å². The summed E-state index contributed by atoms with van der Waals surface area (Å²) in [6.07, 6.45) is 3.75. The van der Waals surface area contributed by atoms with Crippen LogP contribution in [0.1, 0.15) is 12.0 Å². The van der Waals surface area contributed by atoms with Gasteiger partial charge >= 0.3 is 0 Å². The van der Waals surface area contributed by atoms with Crippen LogP contribution in [0.25, 0.3) is 0 Å². The van der Waals surface area contributed by atoms with Gasteiger partial charge in [-0.05, 0) is 37.1 Å². The van der Waals surface area contributed by atoms with Crippen molar-refractivity contribution in [2.24, 2.45) is 5.92 Å². The normalized spacial score (nSPS) is 18.7. The zero-order valence-corrected chi connectivity index (χ0v) is 14.4. The lowest BCUT2D eigenvalue weighted by Crippen LogP contribution is -2.33. The van der Waals surface area contributed by atoms with Crippen molar-refractivity contribution in [3.8, 4) is 11.5 Å². The maximum Gasteiger partial charge on any atom is 0.239 e. The predicted molar refractivity (Wildman–Crippen MR) is 95.5 cm³/mol. The molecule has 1 atom stereocenters. The van der Waals surface area contributed by atoms with E-state index in [1.165, 1.54) is 0 Å². The number of pyridine rings is 1. The zero-order chi connectivity index (χ0) is 18.1. The first kappa shape index (κ1) is 16.4. The summed E-state index contributed by atoms with van der Waals surface area (Å²) in [5.74, 6) is 0.0825. The fourth-order valence-electron chi connectivity index (χ4n) is 3.23. The fourth-order valence-corrected chi connectivity index (χ4v) is 3.23. The van der Waals surface area contributed by atoms with Crippen LogP contribution < -0.4 is 19.7 Å². The quantitative estimate of drug-likeness (QED) is 0.855. The Labute approximate surface area is 150 Å². The number of hydrogen-bond acceptors (Lipinski definition) is 5. The SMILES string of the molecule is Cc1cncc(NC(=O)C2CCN(c3ccc4c(c3)OCCO4)C2=O)c1. The number of anilines is 2. The van der Waals surface area contributed by atoms with Gasteiger partial charge in [-0.15, -0.1) is 0 Å². The van der Waals surface area contributed by atoms with Gasteiger partial charge in [0.2, 0.25) is 11.8 Å². The van der Waals surface area contributed by atoms with Gasteiger partial charge in [0.1, 0.15) is 19.1 Å². The Hall–Kier alpha value is -3.09. The summed E-state index contributed by atoms with van der Waals surface area (Å²) in [4.78, 5) is 30.9. The number of hydrogen-bond donors (Lipinski definition) is 1. The van der Waals surface area contributed by atoms with E-state index in [0.29, 0.717) is 49.1 Å². The molecule has 0 bridgehead atoms. The summed E-state index contributed by atoms with van der Waals surface area (Å²) >= 11 is 0. The Morgan fingerprint density at radius 2 is 2.00 bits per heavy atom. The second-order valence-electron chi connectivity index (χ2n) is 6.40. The average molecular weight is 353 g/mol. The van der Waals surface area contributed by atoms with Crippen LogP contribution in [0.4, 0.5) is 11.4 Å². The lowest BCUT2D eigenvalue weighted by Gasteiger charge is -2.22. The molecule has 1 saturated heterocycles. The molecule has 26 heavy (non-hydrogen) atoms. The van der Waals surface area contributed by atoms with Crippen molar-refractivity contribution in [3.05, 3.63) is 42.2 Å². The number of benzene rings is 1. The van der Waals surface area contributed by atoms with Crippen LogP contribution in [0.15, 0.2) is 36.7 Å². The van der Waals surface area contributed by atoms with Gasteiger partial charge in [-0.25, -0.2) is 0 Å². The van der Waals surface area contributed by atoms with E-state index in [1.54, 1.807) is 29.4 Å². The lowest BCUT2D eigenvalue weighted by molar-refractivity contribution is -0.129. The number of ether oxygens (including phenoxy) is 2. The number of fused-ring (bicyclic) bond motifs is 1. The molecule has 0 saturated carbocycles. The van der Waals surface area contributed by atoms with E-state index in [9.17, 15) is 9.59 Å². The maximum atomic E-state index is 12.8. The van der Waals surface area contributed by atoms with E-state index in [4.69, 9.17) is 9.47 Å². The van der Waals surface area contributed by atoms with Crippen LogP contribution in [0, 0.1) is 12.8 Å². The van der Waals surface area contributed by atoms with Crippen molar-refractivity contribution >= 4 is 23.2 Å². The third kappa shape index (κ3) is 3.08. The molecular formula is C19H19N3O4. The molecule has 0 spiro atoms. The van der Waals surface area contributed by atoms with Crippen molar-refractivity contribution < 1.29 is 19.1 Å². The molecule has 1 N–H and O–H groups in total. The largest absolute Gasteiger partial charge is 0.486 e. The summed E-state index contributed by atoms with van der Waals surface area (Å²) < 4.78 is 11.1. The van der Waals surface area contributed by atoms with Gasteiger partial charge in [0, 0.05) is 24.5 Å². The number of carbonyl (C=O) groups is 2. The van der Waals surface area contributed by atoms with Gasteiger partial charge in [-0.1, -0.05) is 0 Å². The van der Waals surface area contributed by atoms with Gasteiger partial charge in [-0.3, -0.25) is 14.6 Å². The minimum absolute atomic E-state index is 0.209. The molecule has 2 aliphatic heterocycles. The second-order valence-corrected chi connectivity index (χ2v) is 6.40. The van der Waals surface area contributed by atoms with Crippen molar-refractivity contribution in [2.45, 2.75) is 13.3 Å². The highest BCUT2D eigenvalue weighted by molar-refractivity contribution is 6.13. The Morgan fingerprint density at radius 1 is 1.19 bits per heavy atom. The molecular weight excluding hydrogens is 334 g/mol. The van der Waals surface area contributed by atoms with Crippen LogP contribution >= 0.6 is 0 Å². The number of nitrogens with zero attached hydrogens (tertiary/aromatic N) is 2. The smallest absolute Gasteiger partial charge is 0.239 e. The number of nitrogens with one attached hydrogen (secondary N) is 1. The summed E-state index contributed by atoms with van der Waals surface area (Å²) in [6, 6.07) is 7.22. The lowest BCUT2D eigenvalue weighted by atomic mass is 10.1. The van der Waals surface area contributed by atoms with Crippen LogP contribution in [0.3, 0.4) is 0 Å². The minimum atomic E-state index is -0.705. The topological polar surface area (TPSA) is 80.8 Å². The molecule has 3 heterocycles. The molecule has 0 radical (unpaired) electrons. The molecule has 1 unspecified atom stereocenters. The van der Waals surface area contributed by atoms with Crippen molar-refractivity contribution in [1.82, 2.24) is 4.98 Å². The van der Waals surface area contributed by atoms with E-state index in [-0.39, 0.29) is 11.8 Å². The standard InChI is InChI=1S/C19H19N3O4/c1-12-8-13(11-20-10-12)21-18(23)15-4-5-22(19(15)24)14-2-3-16-17(9-14)26-7-6-25-16/h2-3,8-11,15H,4-7H2,1H3,(H,21,23). The number of aromatic nitrogens is 1. The van der Waals surface area contributed by atoms with Crippen molar-refractivity contribution in [1.29, 1.82) is 0 Å². The minimum Gasteiger partial charge on any atom is -0.486 e. The van der Waals surface area contributed by atoms with Crippen LogP contribution in [0.2, 0.25) is 0 Å². The fraction of sp³-hybridized carbons (Fsp3) is 0.316.